The standard InChI is InChI=1S/C18H15Cl2NO3/c19-15-8-5-13(6-9-15)11-21-17(22)12-24-18(23)10-7-14-3-1-2-4-16(14)20/h1-10H,11-12H2,(H,21,22)/b10-7+. The first-order valence-corrected chi connectivity index (χ1v) is 7.91. The number of rotatable bonds is 6. The summed E-state index contributed by atoms with van der Waals surface area (Å²) in [4.78, 5) is 23.3. The molecule has 0 saturated heterocycles. The van der Waals surface area contributed by atoms with Gasteiger partial charge in [-0.3, -0.25) is 4.79 Å². The summed E-state index contributed by atoms with van der Waals surface area (Å²) in [6.07, 6.45) is 2.77. The van der Waals surface area contributed by atoms with Crippen LogP contribution in [0.1, 0.15) is 11.1 Å². The van der Waals surface area contributed by atoms with Gasteiger partial charge in [0.05, 0.1) is 0 Å². The van der Waals surface area contributed by atoms with Crippen LogP contribution < -0.4 is 5.32 Å². The van der Waals surface area contributed by atoms with Gasteiger partial charge >= 0.3 is 5.97 Å². The number of carbonyl (C=O) groups is 2. The van der Waals surface area contributed by atoms with E-state index in [-0.39, 0.29) is 12.5 Å². The summed E-state index contributed by atoms with van der Waals surface area (Å²) in [5.41, 5.74) is 1.60. The molecular weight excluding hydrogens is 349 g/mol. The molecule has 2 aromatic rings. The highest BCUT2D eigenvalue weighted by molar-refractivity contribution is 6.32. The Balaban J connectivity index is 1.74. The zero-order chi connectivity index (χ0) is 17.4. The molecule has 0 unspecified atom stereocenters. The van der Waals surface area contributed by atoms with Crippen molar-refractivity contribution in [2.24, 2.45) is 0 Å². The van der Waals surface area contributed by atoms with Crippen LogP contribution in [0.4, 0.5) is 0 Å². The Bertz CT molecular complexity index is 742. The predicted molar refractivity (Wildman–Crippen MR) is 94.7 cm³/mol. The molecule has 1 N–H and O–H groups in total. The van der Waals surface area contributed by atoms with Crippen molar-refractivity contribution in [2.45, 2.75) is 6.54 Å². The smallest absolute Gasteiger partial charge is 0.331 e. The van der Waals surface area contributed by atoms with E-state index in [1.165, 1.54) is 12.2 Å². The number of esters is 1. The molecule has 0 heterocycles. The SMILES string of the molecule is O=C(COC(=O)/C=C/c1ccccc1Cl)NCc1ccc(Cl)cc1. The van der Waals surface area contributed by atoms with E-state index in [0.717, 1.165) is 5.56 Å². The number of ether oxygens (including phenoxy) is 1. The number of amides is 1. The Labute approximate surface area is 150 Å². The topological polar surface area (TPSA) is 55.4 Å². The van der Waals surface area contributed by atoms with Crippen LogP contribution in [0.15, 0.2) is 54.6 Å². The monoisotopic (exact) mass is 363 g/mol. The van der Waals surface area contributed by atoms with E-state index in [4.69, 9.17) is 27.9 Å². The molecule has 6 heteroatoms. The third-order valence-corrected chi connectivity index (χ3v) is 3.65. The van der Waals surface area contributed by atoms with Crippen LogP contribution >= 0.6 is 23.2 Å². The van der Waals surface area contributed by atoms with Crippen LogP contribution in [0.3, 0.4) is 0 Å². The molecule has 24 heavy (non-hydrogen) atoms. The van der Waals surface area contributed by atoms with Crippen molar-refractivity contribution in [1.29, 1.82) is 0 Å². The van der Waals surface area contributed by atoms with Crippen molar-refractivity contribution >= 4 is 41.2 Å². The second-order valence-electron chi connectivity index (χ2n) is 4.87. The molecule has 2 aromatic carbocycles. The molecule has 1 amide bonds. The van der Waals surface area contributed by atoms with Crippen molar-refractivity contribution in [3.63, 3.8) is 0 Å². The molecule has 2 rings (SSSR count). The number of hydrogen-bond acceptors (Lipinski definition) is 3. The minimum atomic E-state index is -0.614. The normalized spacial score (nSPS) is 10.6. The minimum absolute atomic E-state index is 0.336. The second-order valence-corrected chi connectivity index (χ2v) is 5.71. The summed E-state index contributed by atoms with van der Waals surface area (Å²) in [6.45, 7) is -0.0116. The summed E-state index contributed by atoms with van der Waals surface area (Å²) < 4.78 is 4.87. The summed E-state index contributed by atoms with van der Waals surface area (Å²) in [6, 6.07) is 14.2. The lowest BCUT2D eigenvalue weighted by Gasteiger charge is -2.05. The van der Waals surface area contributed by atoms with Gasteiger partial charge in [0.2, 0.25) is 0 Å². The fourth-order valence-corrected chi connectivity index (χ4v) is 2.13. The van der Waals surface area contributed by atoms with E-state index >= 15 is 0 Å². The van der Waals surface area contributed by atoms with Crippen molar-refractivity contribution in [3.05, 3.63) is 75.8 Å². The molecule has 0 aliphatic heterocycles. The largest absolute Gasteiger partial charge is 0.452 e. The zero-order valence-electron chi connectivity index (χ0n) is 12.7. The van der Waals surface area contributed by atoms with Gasteiger partial charge in [0, 0.05) is 22.7 Å². The van der Waals surface area contributed by atoms with E-state index in [0.29, 0.717) is 22.2 Å². The van der Waals surface area contributed by atoms with Crippen LogP contribution in [-0.2, 0) is 20.9 Å². The number of hydrogen-bond donors (Lipinski definition) is 1. The Morgan fingerprint density at radius 2 is 1.75 bits per heavy atom. The molecule has 0 aliphatic rings. The van der Waals surface area contributed by atoms with E-state index in [9.17, 15) is 9.59 Å². The Hall–Kier alpha value is -2.30. The molecule has 0 aliphatic carbocycles. The van der Waals surface area contributed by atoms with Crippen molar-refractivity contribution in [3.8, 4) is 0 Å². The van der Waals surface area contributed by atoms with Crippen LogP contribution in [0.2, 0.25) is 10.0 Å². The van der Waals surface area contributed by atoms with Gasteiger partial charge in [-0.25, -0.2) is 4.79 Å². The fraction of sp³-hybridized carbons (Fsp3) is 0.111. The highest BCUT2D eigenvalue weighted by Gasteiger charge is 2.05. The first-order valence-electron chi connectivity index (χ1n) is 7.15. The molecule has 124 valence electrons. The maximum absolute atomic E-state index is 11.7. The van der Waals surface area contributed by atoms with E-state index in [1.54, 1.807) is 48.5 Å². The summed E-state index contributed by atoms with van der Waals surface area (Å²) in [5.74, 6) is -0.999. The Morgan fingerprint density at radius 1 is 1.04 bits per heavy atom. The van der Waals surface area contributed by atoms with Crippen molar-refractivity contribution in [1.82, 2.24) is 5.32 Å². The Kier molecular flexibility index (Phi) is 6.85. The lowest BCUT2D eigenvalue weighted by molar-refractivity contribution is -0.143. The minimum Gasteiger partial charge on any atom is -0.452 e. The molecule has 0 radical (unpaired) electrons. The van der Waals surface area contributed by atoms with Gasteiger partial charge in [0.25, 0.3) is 5.91 Å². The first kappa shape index (κ1) is 18.0. The van der Waals surface area contributed by atoms with Gasteiger partial charge in [0.15, 0.2) is 6.61 Å². The van der Waals surface area contributed by atoms with Gasteiger partial charge in [-0.1, -0.05) is 53.5 Å². The van der Waals surface area contributed by atoms with Crippen LogP contribution in [-0.4, -0.2) is 18.5 Å². The summed E-state index contributed by atoms with van der Waals surface area (Å²) >= 11 is 11.8. The first-order chi connectivity index (χ1) is 11.5. The number of halogens is 2. The third kappa shape index (κ3) is 6.07. The van der Waals surface area contributed by atoms with Crippen molar-refractivity contribution < 1.29 is 14.3 Å². The molecule has 0 atom stereocenters. The highest BCUT2D eigenvalue weighted by atomic mass is 35.5. The highest BCUT2D eigenvalue weighted by Crippen LogP contribution is 2.16. The van der Waals surface area contributed by atoms with Crippen LogP contribution in [0.25, 0.3) is 6.08 Å². The molecule has 4 nitrogen and oxygen atoms in total. The lowest BCUT2D eigenvalue weighted by Crippen LogP contribution is -2.28. The number of carbonyl (C=O) groups excluding carboxylic acids is 2. The quantitative estimate of drug-likeness (QED) is 0.626. The third-order valence-electron chi connectivity index (χ3n) is 3.05. The van der Waals surface area contributed by atoms with E-state index in [2.05, 4.69) is 5.32 Å². The average molecular weight is 364 g/mol. The number of benzene rings is 2. The molecule has 0 spiro atoms. The fourth-order valence-electron chi connectivity index (χ4n) is 1.81. The zero-order valence-corrected chi connectivity index (χ0v) is 14.2. The summed E-state index contributed by atoms with van der Waals surface area (Å²) in [5, 5.41) is 3.81. The van der Waals surface area contributed by atoms with Gasteiger partial charge < -0.3 is 10.1 Å². The van der Waals surface area contributed by atoms with Crippen LogP contribution in [0.5, 0.6) is 0 Å². The summed E-state index contributed by atoms with van der Waals surface area (Å²) in [7, 11) is 0. The maximum Gasteiger partial charge on any atom is 0.331 e. The Morgan fingerprint density at radius 3 is 2.46 bits per heavy atom. The van der Waals surface area contributed by atoms with Gasteiger partial charge in [-0.15, -0.1) is 0 Å². The maximum atomic E-state index is 11.7. The number of nitrogens with one attached hydrogen (secondary N) is 1. The molecule has 0 saturated carbocycles. The lowest BCUT2D eigenvalue weighted by atomic mass is 10.2. The van der Waals surface area contributed by atoms with E-state index in [1.807, 2.05) is 0 Å². The molecular formula is C18H15Cl2NO3. The molecule has 0 bridgehead atoms. The van der Waals surface area contributed by atoms with Gasteiger partial charge in [-0.05, 0) is 35.4 Å². The van der Waals surface area contributed by atoms with Crippen LogP contribution in [0, 0.1) is 0 Å². The van der Waals surface area contributed by atoms with Gasteiger partial charge in [-0.2, -0.15) is 0 Å². The average Bonchev–Trinajstić information content (AvgIpc) is 2.58. The van der Waals surface area contributed by atoms with Crippen molar-refractivity contribution in [2.75, 3.05) is 6.61 Å². The second kappa shape index (κ2) is 9.11. The van der Waals surface area contributed by atoms with E-state index < -0.39 is 5.97 Å². The molecule has 0 fully saturated rings. The predicted octanol–water partition coefficient (Wildman–Crippen LogP) is 3.87. The van der Waals surface area contributed by atoms with Gasteiger partial charge in [0.1, 0.15) is 0 Å². The molecule has 0 aromatic heterocycles.